The Labute approximate surface area is 129 Å². The lowest BCUT2D eigenvalue weighted by atomic mass is 9.66. The van der Waals surface area contributed by atoms with Crippen LogP contribution in [0.3, 0.4) is 0 Å². The fourth-order valence-electron chi connectivity index (χ4n) is 3.69. The van der Waals surface area contributed by atoms with Gasteiger partial charge in [-0.1, -0.05) is 47.0 Å². The summed E-state index contributed by atoms with van der Waals surface area (Å²) in [5.74, 6) is 0.264. The number of phosphoric ester groups is 1. The quantitative estimate of drug-likeness (QED) is 0.485. The first-order valence-corrected chi connectivity index (χ1v) is 9.93. The van der Waals surface area contributed by atoms with Crippen LogP contribution in [0.2, 0.25) is 0 Å². The molecule has 126 valence electrons. The summed E-state index contributed by atoms with van der Waals surface area (Å²) in [5, 5.41) is 0. The van der Waals surface area contributed by atoms with Crippen molar-refractivity contribution in [3.63, 3.8) is 0 Å². The summed E-state index contributed by atoms with van der Waals surface area (Å²) in [7, 11) is -4.45. The van der Waals surface area contributed by atoms with E-state index in [-0.39, 0.29) is 5.92 Å². The Hall–Kier alpha value is 0.110. The highest BCUT2D eigenvalue weighted by Crippen LogP contribution is 2.52. The van der Waals surface area contributed by atoms with Crippen molar-refractivity contribution in [2.45, 2.75) is 91.1 Å². The van der Waals surface area contributed by atoms with E-state index in [4.69, 9.17) is 4.52 Å². The van der Waals surface area contributed by atoms with Crippen molar-refractivity contribution in [1.29, 1.82) is 0 Å². The number of hydrogen-bond donors (Lipinski definition) is 2. The zero-order valence-corrected chi connectivity index (χ0v) is 15.0. The fraction of sp³-hybridized carbons (Fsp3) is 1.00. The largest absolute Gasteiger partial charge is 0.470 e. The van der Waals surface area contributed by atoms with Gasteiger partial charge in [0, 0.05) is 0 Å². The van der Waals surface area contributed by atoms with E-state index in [1.165, 1.54) is 0 Å². The van der Waals surface area contributed by atoms with E-state index in [0.29, 0.717) is 11.8 Å². The van der Waals surface area contributed by atoms with Crippen molar-refractivity contribution in [2.75, 3.05) is 0 Å². The Kier molecular flexibility index (Phi) is 6.92. The van der Waals surface area contributed by atoms with Crippen LogP contribution in [-0.4, -0.2) is 15.4 Å². The number of hydrogen-bond acceptors (Lipinski definition) is 2. The molecule has 1 atom stereocenters. The Balaban J connectivity index is 2.86. The molecular weight excluding hydrogens is 287 g/mol. The second kappa shape index (κ2) is 7.59. The van der Waals surface area contributed by atoms with Gasteiger partial charge < -0.3 is 9.79 Å². The van der Waals surface area contributed by atoms with E-state index in [9.17, 15) is 14.4 Å². The van der Waals surface area contributed by atoms with Gasteiger partial charge in [-0.25, -0.2) is 4.57 Å². The summed E-state index contributed by atoms with van der Waals surface area (Å²) < 4.78 is 16.9. The molecule has 4 nitrogen and oxygen atoms in total. The second-order valence-corrected chi connectivity index (χ2v) is 8.56. The van der Waals surface area contributed by atoms with Gasteiger partial charge in [0.25, 0.3) is 0 Å². The minimum Gasteiger partial charge on any atom is -0.303 e. The van der Waals surface area contributed by atoms with E-state index < -0.39 is 13.4 Å². The molecule has 0 bridgehead atoms. The highest BCUT2D eigenvalue weighted by Gasteiger charge is 2.45. The monoisotopic (exact) mass is 320 g/mol. The zero-order chi connectivity index (χ0) is 16.1. The van der Waals surface area contributed by atoms with E-state index in [1.807, 2.05) is 6.92 Å². The molecule has 0 radical (unpaired) electrons. The lowest BCUT2D eigenvalue weighted by Gasteiger charge is -2.45. The molecule has 0 aliphatic heterocycles. The van der Waals surface area contributed by atoms with Gasteiger partial charge >= 0.3 is 7.82 Å². The fourth-order valence-corrected chi connectivity index (χ4v) is 4.53. The van der Waals surface area contributed by atoms with Crippen LogP contribution in [0.1, 0.15) is 85.5 Å². The van der Waals surface area contributed by atoms with Gasteiger partial charge in [0.15, 0.2) is 0 Å². The molecule has 0 saturated heterocycles. The molecule has 1 aliphatic carbocycles. The molecule has 1 unspecified atom stereocenters. The van der Waals surface area contributed by atoms with Crippen LogP contribution in [0.5, 0.6) is 0 Å². The van der Waals surface area contributed by atoms with Gasteiger partial charge in [-0.15, -0.1) is 0 Å². The Bertz CT molecular complexity index is 353. The van der Waals surface area contributed by atoms with Crippen molar-refractivity contribution >= 4 is 7.82 Å². The summed E-state index contributed by atoms with van der Waals surface area (Å²) in [6, 6.07) is 0. The molecule has 0 heterocycles. The van der Waals surface area contributed by atoms with Gasteiger partial charge in [0.1, 0.15) is 0 Å². The molecule has 5 heteroatoms. The molecule has 0 spiro atoms. The SMILES string of the molecule is CCCCCC(CC)(OP(=O)(O)O)C1CCC(C)(C)CC1. The minimum atomic E-state index is -4.45. The number of unbranched alkanes of at least 4 members (excludes halogenated alkanes) is 2. The second-order valence-electron chi connectivity index (χ2n) is 7.40. The van der Waals surface area contributed by atoms with Gasteiger partial charge in [-0.3, -0.25) is 4.52 Å². The third kappa shape index (κ3) is 6.02. The summed E-state index contributed by atoms with van der Waals surface area (Å²) in [4.78, 5) is 18.7. The molecule has 0 amide bonds. The van der Waals surface area contributed by atoms with E-state index >= 15 is 0 Å². The molecule has 1 aliphatic rings. The summed E-state index contributed by atoms with van der Waals surface area (Å²) in [5.41, 5.74) is -0.299. The first-order valence-electron chi connectivity index (χ1n) is 8.40. The third-order valence-corrected chi connectivity index (χ3v) is 5.79. The van der Waals surface area contributed by atoms with Crippen LogP contribution >= 0.6 is 7.82 Å². The number of rotatable bonds is 8. The third-order valence-electron chi connectivity index (χ3n) is 5.19. The lowest BCUT2D eigenvalue weighted by Crippen LogP contribution is -2.42. The predicted octanol–water partition coefficient (Wildman–Crippen LogP) is 5.04. The van der Waals surface area contributed by atoms with Crippen molar-refractivity contribution in [2.24, 2.45) is 11.3 Å². The maximum absolute atomic E-state index is 11.5. The standard InChI is InChI=1S/C16H33O4P/c1-5-7-8-11-16(6-2,20-21(17,18)19)14-9-12-15(3,4)13-10-14/h14H,5-13H2,1-4H3,(H2,17,18,19). The van der Waals surface area contributed by atoms with Crippen LogP contribution in [0.25, 0.3) is 0 Å². The average Bonchev–Trinajstić information content (AvgIpc) is 2.36. The smallest absolute Gasteiger partial charge is 0.303 e. The maximum atomic E-state index is 11.5. The number of phosphoric acid groups is 1. The Morgan fingerprint density at radius 2 is 1.76 bits per heavy atom. The van der Waals surface area contributed by atoms with Crippen LogP contribution in [0.4, 0.5) is 0 Å². The average molecular weight is 320 g/mol. The van der Waals surface area contributed by atoms with Crippen LogP contribution in [0, 0.1) is 11.3 Å². The molecule has 1 saturated carbocycles. The first kappa shape index (κ1) is 19.2. The van der Waals surface area contributed by atoms with Crippen LogP contribution in [-0.2, 0) is 9.09 Å². The Morgan fingerprint density at radius 3 is 2.19 bits per heavy atom. The molecule has 0 aromatic carbocycles. The van der Waals surface area contributed by atoms with Crippen molar-refractivity contribution < 1.29 is 18.9 Å². The first-order chi connectivity index (χ1) is 9.64. The summed E-state index contributed by atoms with van der Waals surface area (Å²) >= 11 is 0. The molecule has 1 rings (SSSR count). The van der Waals surface area contributed by atoms with Gasteiger partial charge in [0.05, 0.1) is 5.60 Å². The highest BCUT2D eigenvalue weighted by molar-refractivity contribution is 7.46. The van der Waals surface area contributed by atoms with Crippen molar-refractivity contribution in [3.05, 3.63) is 0 Å². The van der Waals surface area contributed by atoms with E-state index in [1.54, 1.807) is 0 Å². The summed E-state index contributed by atoms with van der Waals surface area (Å²) in [6.07, 6.45) is 8.83. The van der Waals surface area contributed by atoms with Crippen LogP contribution in [0.15, 0.2) is 0 Å². The van der Waals surface area contributed by atoms with Crippen molar-refractivity contribution in [1.82, 2.24) is 0 Å². The van der Waals surface area contributed by atoms with Gasteiger partial charge in [-0.05, 0) is 49.9 Å². The van der Waals surface area contributed by atoms with E-state index in [2.05, 4.69) is 20.8 Å². The van der Waals surface area contributed by atoms with Crippen molar-refractivity contribution in [3.8, 4) is 0 Å². The normalized spacial score (nSPS) is 23.0. The summed E-state index contributed by atoms with van der Waals surface area (Å²) in [6.45, 7) is 8.69. The lowest BCUT2D eigenvalue weighted by molar-refractivity contribution is -0.0515. The minimum absolute atomic E-state index is 0.264. The van der Waals surface area contributed by atoms with E-state index in [0.717, 1.165) is 51.4 Å². The molecule has 1 fully saturated rings. The topological polar surface area (TPSA) is 66.8 Å². The van der Waals surface area contributed by atoms with Gasteiger partial charge in [0.2, 0.25) is 0 Å². The van der Waals surface area contributed by atoms with Gasteiger partial charge in [-0.2, -0.15) is 0 Å². The molecular formula is C16H33O4P. The zero-order valence-electron chi connectivity index (χ0n) is 14.1. The predicted molar refractivity (Wildman–Crippen MR) is 86.0 cm³/mol. The molecule has 2 N–H and O–H groups in total. The highest BCUT2D eigenvalue weighted by atomic mass is 31.2. The Morgan fingerprint density at radius 1 is 1.19 bits per heavy atom. The molecule has 0 aromatic rings. The maximum Gasteiger partial charge on any atom is 0.470 e. The molecule has 21 heavy (non-hydrogen) atoms. The molecule has 0 aromatic heterocycles. The van der Waals surface area contributed by atoms with Crippen LogP contribution < -0.4 is 0 Å².